The van der Waals surface area contributed by atoms with Crippen molar-refractivity contribution in [3.63, 3.8) is 0 Å². The van der Waals surface area contributed by atoms with Crippen LogP contribution in [-0.2, 0) is 33.8 Å². The largest absolute Gasteiger partial charge is 0.467 e. The molecular weight excluding hydrogens is 491 g/mol. The Balaban J connectivity index is 1.87. The molecule has 36 heavy (non-hydrogen) atoms. The summed E-state index contributed by atoms with van der Waals surface area (Å²) in [5, 5.41) is 2.34. The first-order valence-corrected chi connectivity index (χ1v) is 13.7. The van der Waals surface area contributed by atoms with Crippen LogP contribution in [0.2, 0.25) is 6.32 Å². The van der Waals surface area contributed by atoms with Crippen molar-refractivity contribution in [2.75, 3.05) is 26.7 Å². The van der Waals surface area contributed by atoms with Crippen LogP contribution in [0.15, 0.2) is 0 Å². The zero-order valence-electron chi connectivity index (χ0n) is 22.8. The van der Waals surface area contributed by atoms with E-state index < -0.39 is 51.7 Å². The molecule has 0 unspecified atom stereocenters. The molecule has 12 nitrogen and oxygen atoms in total. The van der Waals surface area contributed by atoms with Gasteiger partial charge in [0.05, 0.1) is 18.3 Å². The van der Waals surface area contributed by atoms with E-state index in [9.17, 15) is 18.0 Å². The lowest BCUT2D eigenvalue weighted by Crippen LogP contribution is -2.52. The average molecular weight is 534 g/mol. The highest BCUT2D eigenvalue weighted by atomic mass is 32.2. The second-order valence-corrected chi connectivity index (χ2v) is 13.2. The van der Waals surface area contributed by atoms with Gasteiger partial charge < -0.3 is 29.8 Å². The van der Waals surface area contributed by atoms with Gasteiger partial charge in [0, 0.05) is 25.7 Å². The number of ether oxygens (including phenoxy) is 2. The summed E-state index contributed by atoms with van der Waals surface area (Å²) in [5.41, 5.74) is 4.69. The molecule has 0 bridgehead atoms. The van der Waals surface area contributed by atoms with E-state index >= 15 is 0 Å². The normalized spacial score (nSPS) is 25.0. The molecular formula is C22H43BN4O8S. The van der Waals surface area contributed by atoms with E-state index in [1.807, 2.05) is 27.7 Å². The lowest BCUT2D eigenvalue weighted by Gasteiger charge is -2.32. The van der Waals surface area contributed by atoms with Gasteiger partial charge in [-0.15, -0.1) is 0 Å². The number of hydrogen-bond acceptors (Lipinski definition) is 9. The van der Waals surface area contributed by atoms with Crippen molar-refractivity contribution in [3.8, 4) is 0 Å². The Hall–Kier alpha value is -1.45. The molecule has 0 spiro atoms. The average Bonchev–Trinajstić information content (AvgIpc) is 3.19. The van der Waals surface area contributed by atoms with Crippen molar-refractivity contribution >= 4 is 29.4 Å². The number of hydrogen-bond donors (Lipinski definition) is 3. The van der Waals surface area contributed by atoms with E-state index in [4.69, 9.17) is 19.8 Å². The van der Waals surface area contributed by atoms with Crippen LogP contribution in [0.5, 0.6) is 0 Å². The van der Waals surface area contributed by atoms with E-state index in [0.717, 1.165) is 20.0 Å². The quantitative estimate of drug-likeness (QED) is 0.275. The molecule has 0 aromatic rings. The number of nitrogens with two attached hydrogens (primary N) is 1. The third-order valence-electron chi connectivity index (χ3n) is 6.76. The highest BCUT2D eigenvalue weighted by molar-refractivity contribution is 7.87. The van der Waals surface area contributed by atoms with Gasteiger partial charge in [-0.3, -0.25) is 0 Å². The summed E-state index contributed by atoms with van der Waals surface area (Å²) in [4.78, 5) is 24.1. The number of rotatable bonds is 10. The van der Waals surface area contributed by atoms with Crippen LogP contribution in [0, 0.1) is 5.92 Å². The van der Waals surface area contributed by atoms with E-state index in [2.05, 4.69) is 14.8 Å². The van der Waals surface area contributed by atoms with Gasteiger partial charge in [-0.2, -0.15) is 17.4 Å². The highest BCUT2D eigenvalue weighted by Gasteiger charge is 2.50. The molecule has 2 heterocycles. The van der Waals surface area contributed by atoms with E-state index in [-0.39, 0.29) is 32.2 Å². The van der Waals surface area contributed by atoms with Gasteiger partial charge >= 0.3 is 19.2 Å². The SMILES string of the molecule is COC(=O)[C@H](CNS(=O)(=O)N1C[C@H](CCCB2OC(C)(C)C(C)(C)O2)[C@@H](N)C1)NC(=O)OC(C)(C)C. The van der Waals surface area contributed by atoms with E-state index in [1.54, 1.807) is 20.8 Å². The number of alkyl carbamates (subject to hydrolysis) is 1. The molecule has 0 aliphatic carbocycles. The summed E-state index contributed by atoms with van der Waals surface area (Å²) < 4.78 is 51.3. The Morgan fingerprint density at radius 3 is 2.28 bits per heavy atom. The van der Waals surface area contributed by atoms with Crippen molar-refractivity contribution in [2.45, 2.75) is 96.5 Å². The first kappa shape index (κ1) is 30.8. The monoisotopic (exact) mass is 534 g/mol. The summed E-state index contributed by atoms with van der Waals surface area (Å²) in [6.07, 6.45) is 1.34. The second-order valence-electron chi connectivity index (χ2n) is 11.4. The fourth-order valence-electron chi connectivity index (χ4n) is 4.05. The molecule has 2 rings (SSSR count). The minimum Gasteiger partial charge on any atom is -0.467 e. The molecule has 2 fully saturated rings. The zero-order valence-corrected chi connectivity index (χ0v) is 23.6. The Morgan fingerprint density at radius 1 is 1.17 bits per heavy atom. The first-order valence-electron chi connectivity index (χ1n) is 12.3. The minimum absolute atomic E-state index is 0.0275. The molecule has 208 valence electrons. The van der Waals surface area contributed by atoms with Crippen LogP contribution in [-0.4, -0.2) is 87.5 Å². The lowest BCUT2D eigenvalue weighted by molar-refractivity contribution is -0.142. The number of carbonyl (C=O) groups excluding carboxylic acids is 2. The van der Waals surface area contributed by atoms with Crippen LogP contribution in [0.25, 0.3) is 0 Å². The lowest BCUT2D eigenvalue weighted by atomic mass is 9.80. The summed E-state index contributed by atoms with van der Waals surface area (Å²) >= 11 is 0. The Morgan fingerprint density at radius 2 is 1.75 bits per heavy atom. The number of esters is 1. The number of nitrogens with one attached hydrogen (secondary N) is 2. The van der Waals surface area contributed by atoms with Gasteiger partial charge in [0.2, 0.25) is 0 Å². The third-order valence-corrected chi connectivity index (χ3v) is 8.27. The van der Waals surface area contributed by atoms with Gasteiger partial charge in [-0.1, -0.05) is 6.42 Å². The van der Waals surface area contributed by atoms with Gasteiger partial charge in [0.15, 0.2) is 0 Å². The molecule has 14 heteroatoms. The van der Waals surface area contributed by atoms with Crippen LogP contribution in [0.1, 0.15) is 61.3 Å². The molecule has 1 amide bonds. The van der Waals surface area contributed by atoms with E-state index in [0.29, 0.717) is 6.32 Å². The molecule has 0 aromatic carbocycles. The van der Waals surface area contributed by atoms with Crippen molar-refractivity contribution in [2.24, 2.45) is 11.7 Å². The Bertz CT molecular complexity index is 877. The van der Waals surface area contributed by atoms with E-state index in [1.165, 1.54) is 4.31 Å². The van der Waals surface area contributed by atoms with Gasteiger partial charge in [0.1, 0.15) is 11.6 Å². The molecule has 0 aromatic heterocycles. The maximum Gasteiger partial charge on any atom is 0.457 e. The van der Waals surface area contributed by atoms with Crippen LogP contribution in [0.3, 0.4) is 0 Å². The van der Waals surface area contributed by atoms with Crippen molar-refractivity contribution < 1.29 is 36.8 Å². The summed E-state index contributed by atoms with van der Waals surface area (Å²) in [7, 11) is -3.11. The smallest absolute Gasteiger partial charge is 0.457 e. The third kappa shape index (κ3) is 8.28. The van der Waals surface area contributed by atoms with Gasteiger partial charge in [-0.25, -0.2) is 9.59 Å². The molecule has 2 aliphatic rings. The number of amides is 1. The van der Waals surface area contributed by atoms with Crippen LogP contribution in [0.4, 0.5) is 4.79 Å². The number of carbonyl (C=O) groups is 2. The first-order chi connectivity index (χ1) is 16.4. The van der Waals surface area contributed by atoms with Gasteiger partial charge in [0.25, 0.3) is 10.2 Å². The van der Waals surface area contributed by atoms with Crippen molar-refractivity contribution in [1.82, 2.24) is 14.3 Å². The summed E-state index contributed by atoms with van der Waals surface area (Å²) in [6, 6.07) is -1.58. The zero-order chi connectivity index (χ0) is 27.5. The number of methoxy groups -OCH3 is 1. The Labute approximate surface area is 215 Å². The standard InChI is InChI=1S/C22H43BN4O8S/c1-20(2,3)33-19(29)26-17(18(28)32-8)12-25-36(30,31)27-13-15(16(24)14-27)10-9-11-23-34-21(4,5)22(6,7)35-23/h15-17,25H,9-14,24H2,1-8H3,(H,26,29)/t15-,16-,17-/m0/s1. The molecule has 3 atom stereocenters. The summed E-state index contributed by atoms with van der Waals surface area (Å²) in [6.45, 7) is 13.0. The predicted octanol–water partition coefficient (Wildman–Crippen LogP) is 1.02. The fraction of sp³-hybridized carbons (Fsp3) is 0.909. The topological polar surface area (TPSA) is 159 Å². The maximum absolute atomic E-state index is 12.9. The van der Waals surface area contributed by atoms with Crippen molar-refractivity contribution in [1.29, 1.82) is 0 Å². The second kappa shape index (κ2) is 11.5. The highest BCUT2D eigenvalue weighted by Crippen LogP contribution is 2.38. The summed E-state index contributed by atoms with van der Waals surface area (Å²) in [5.74, 6) is -0.831. The number of nitrogens with zero attached hydrogens (tertiary/aromatic N) is 1. The molecule has 2 saturated heterocycles. The van der Waals surface area contributed by atoms with Crippen molar-refractivity contribution in [3.05, 3.63) is 0 Å². The predicted molar refractivity (Wildman–Crippen MR) is 135 cm³/mol. The molecule has 0 radical (unpaired) electrons. The maximum atomic E-state index is 12.9. The minimum atomic E-state index is -3.95. The van der Waals surface area contributed by atoms with Crippen LogP contribution >= 0.6 is 0 Å². The Kier molecular flexibility index (Phi) is 9.85. The van der Waals surface area contributed by atoms with Gasteiger partial charge in [-0.05, 0) is 67.1 Å². The molecule has 0 saturated carbocycles. The van der Waals surface area contributed by atoms with Crippen LogP contribution < -0.4 is 15.8 Å². The molecule has 2 aliphatic heterocycles. The molecule has 4 N–H and O–H groups in total. The fourth-order valence-corrected chi connectivity index (χ4v) is 5.37.